The Morgan fingerprint density at radius 3 is 2.14 bits per heavy atom. The maximum atomic E-state index is 12.3. The first-order valence-corrected chi connectivity index (χ1v) is 10.2. The van der Waals surface area contributed by atoms with Crippen molar-refractivity contribution in [1.82, 2.24) is 5.43 Å². The lowest BCUT2D eigenvalue weighted by molar-refractivity contribution is 0.0955. The molecule has 0 saturated heterocycles. The first-order valence-electron chi connectivity index (χ1n) is 8.39. The summed E-state index contributed by atoms with van der Waals surface area (Å²) in [6.45, 7) is 0. The second-order valence-electron chi connectivity index (χ2n) is 5.90. The number of nitrogens with one attached hydrogen (secondary N) is 1. The van der Waals surface area contributed by atoms with Gasteiger partial charge in [0, 0.05) is 18.2 Å². The summed E-state index contributed by atoms with van der Waals surface area (Å²) < 4.78 is 40.1. The molecule has 0 bridgehead atoms. The molecule has 0 heterocycles. The number of hydrogen-bond acceptors (Lipinski definition) is 7. The lowest BCUT2D eigenvalue weighted by Crippen LogP contribution is -2.25. The van der Waals surface area contributed by atoms with Gasteiger partial charge in [-0.2, -0.15) is 5.10 Å². The highest BCUT2D eigenvalue weighted by Crippen LogP contribution is 2.38. The number of ether oxygens (including phenoxy) is 3. The quantitative estimate of drug-likeness (QED) is 0.515. The average molecular weight is 421 g/mol. The standard InChI is InChI=1S/C19H23N3O6S/c1-22(29(5,24)25)15-9-6-13(7-10-15)19(23)21-20-12-14-8-11-16(26-2)18(28-4)17(14)27-3/h6-12H,1-5H3,(H,21,23)/b20-12-. The number of nitrogens with zero attached hydrogens (tertiary/aromatic N) is 2. The summed E-state index contributed by atoms with van der Waals surface area (Å²) in [7, 11) is 2.56. The zero-order valence-corrected chi connectivity index (χ0v) is 17.6. The van der Waals surface area contributed by atoms with Crippen molar-refractivity contribution in [2.45, 2.75) is 0 Å². The molecule has 0 fully saturated rings. The zero-order valence-electron chi connectivity index (χ0n) is 16.8. The van der Waals surface area contributed by atoms with E-state index in [4.69, 9.17) is 14.2 Å². The van der Waals surface area contributed by atoms with E-state index < -0.39 is 15.9 Å². The van der Waals surface area contributed by atoms with Gasteiger partial charge in [0.25, 0.3) is 5.91 Å². The second kappa shape index (κ2) is 9.28. The molecule has 0 aliphatic rings. The normalized spacial score (nSPS) is 11.2. The van der Waals surface area contributed by atoms with Crippen LogP contribution in [-0.4, -0.2) is 55.2 Å². The molecule has 1 N–H and O–H groups in total. The van der Waals surface area contributed by atoms with Gasteiger partial charge in [-0.25, -0.2) is 13.8 Å². The van der Waals surface area contributed by atoms with Crippen molar-refractivity contribution >= 4 is 27.8 Å². The van der Waals surface area contributed by atoms with Gasteiger partial charge in [-0.05, 0) is 36.4 Å². The smallest absolute Gasteiger partial charge is 0.271 e. The van der Waals surface area contributed by atoms with Crippen LogP contribution in [0.5, 0.6) is 17.2 Å². The van der Waals surface area contributed by atoms with E-state index in [9.17, 15) is 13.2 Å². The van der Waals surface area contributed by atoms with Gasteiger partial charge in [-0.3, -0.25) is 9.10 Å². The first kappa shape index (κ1) is 22.0. The van der Waals surface area contributed by atoms with E-state index in [2.05, 4.69) is 10.5 Å². The molecule has 0 saturated carbocycles. The van der Waals surface area contributed by atoms with Crippen LogP contribution < -0.4 is 23.9 Å². The molecule has 156 valence electrons. The third kappa shape index (κ3) is 5.17. The lowest BCUT2D eigenvalue weighted by Gasteiger charge is -2.16. The Balaban J connectivity index is 2.14. The van der Waals surface area contributed by atoms with Crippen molar-refractivity contribution in [1.29, 1.82) is 0 Å². The van der Waals surface area contributed by atoms with Gasteiger partial charge in [0.1, 0.15) is 0 Å². The van der Waals surface area contributed by atoms with Crippen molar-refractivity contribution in [2.75, 3.05) is 38.9 Å². The van der Waals surface area contributed by atoms with Crippen molar-refractivity contribution in [3.8, 4) is 17.2 Å². The Hall–Kier alpha value is -3.27. The molecule has 9 nitrogen and oxygen atoms in total. The van der Waals surface area contributed by atoms with Crippen molar-refractivity contribution in [3.05, 3.63) is 47.5 Å². The summed E-state index contributed by atoms with van der Waals surface area (Å²) in [6, 6.07) is 9.51. The third-order valence-electron chi connectivity index (χ3n) is 4.09. The number of rotatable bonds is 8. The first-order chi connectivity index (χ1) is 13.7. The number of sulfonamides is 1. The number of methoxy groups -OCH3 is 3. The van der Waals surface area contributed by atoms with Crippen LogP contribution in [0.25, 0.3) is 0 Å². The molecule has 0 aliphatic carbocycles. The third-order valence-corrected chi connectivity index (χ3v) is 5.30. The van der Waals surface area contributed by atoms with E-state index in [1.54, 1.807) is 12.1 Å². The highest BCUT2D eigenvalue weighted by Gasteiger charge is 2.15. The van der Waals surface area contributed by atoms with E-state index in [1.165, 1.54) is 58.9 Å². The molecule has 0 atom stereocenters. The summed E-state index contributed by atoms with van der Waals surface area (Å²) >= 11 is 0. The van der Waals surface area contributed by atoms with Gasteiger partial charge in [-0.15, -0.1) is 0 Å². The number of carbonyl (C=O) groups is 1. The average Bonchev–Trinajstić information content (AvgIpc) is 2.71. The SMILES string of the molecule is COc1ccc(/C=N\NC(=O)c2ccc(N(C)S(C)(=O)=O)cc2)c(OC)c1OC. The second-order valence-corrected chi connectivity index (χ2v) is 7.91. The highest BCUT2D eigenvalue weighted by atomic mass is 32.2. The Morgan fingerprint density at radius 2 is 1.62 bits per heavy atom. The molecule has 29 heavy (non-hydrogen) atoms. The number of hydrazone groups is 1. The number of hydrogen-bond donors (Lipinski definition) is 1. The molecule has 0 spiro atoms. The van der Waals surface area contributed by atoms with E-state index in [1.807, 2.05) is 0 Å². The molecule has 10 heteroatoms. The molecule has 2 aromatic carbocycles. The van der Waals surface area contributed by atoms with Crippen LogP contribution in [0.1, 0.15) is 15.9 Å². The maximum absolute atomic E-state index is 12.3. The van der Waals surface area contributed by atoms with Gasteiger partial charge in [0.15, 0.2) is 11.5 Å². The Bertz CT molecular complexity index is 1000. The lowest BCUT2D eigenvalue weighted by atomic mass is 10.2. The zero-order chi connectivity index (χ0) is 21.6. The topological polar surface area (TPSA) is 107 Å². The molecule has 0 unspecified atom stereocenters. The Kier molecular flexibility index (Phi) is 7.05. The molecular weight excluding hydrogens is 398 g/mol. The molecule has 0 aromatic heterocycles. The highest BCUT2D eigenvalue weighted by molar-refractivity contribution is 7.92. The van der Waals surface area contributed by atoms with Crippen LogP contribution in [0, 0.1) is 0 Å². The van der Waals surface area contributed by atoms with E-state index in [-0.39, 0.29) is 0 Å². The van der Waals surface area contributed by atoms with Crippen molar-refractivity contribution in [2.24, 2.45) is 5.10 Å². The number of amides is 1. The monoisotopic (exact) mass is 421 g/mol. The minimum Gasteiger partial charge on any atom is -0.493 e. The maximum Gasteiger partial charge on any atom is 0.271 e. The summed E-state index contributed by atoms with van der Waals surface area (Å²) in [5.74, 6) is 0.882. The summed E-state index contributed by atoms with van der Waals surface area (Å²) in [6.07, 6.45) is 2.52. The summed E-state index contributed by atoms with van der Waals surface area (Å²) in [5.41, 5.74) is 3.77. The summed E-state index contributed by atoms with van der Waals surface area (Å²) in [5, 5.41) is 3.95. The minimum absolute atomic E-state index is 0.326. The van der Waals surface area contributed by atoms with Crippen LogP contribution in [0.4, 0.5) is 5.69 Å². The Morgan fingerprint density at radius 1 is 1.00 bits per heavy atom. The van der Waals surface area contributed by atoms with Crippen LogP contribution >= 0.6 is 0 Å². The summed E-state index contributed by atoms with van der Waals surface area (Å²) in [4.78, 5) is 12.3. The number of benzene rings is 2. The Labute approximate surface area is 169 Å². The van der Waals surface area contributed by atoms with E-state index >= 15 is 0 Å². The molecule has 1 amide bonds. The largest absolute Gasteiger partial charge is 0.493 e. The van der Waals surface area contributed by atoms with Gasteiger partial charge in [0.05, 0.1) is 39.5 Å². The van der Waals surface area contributed by atoms with E-state index in [0.29, 0.717) is 34.1 Å². The van der Waals surface area contributed by atoms with Gasteiger partial charge in [-0.1, -0.05) is 0 Å². The van der Waals surface area contributed by atoms with Gasteiger partial charge < -0.3 is 14.2 Å². The predicted molar refractivity (Wildman–Crippen MR) is 111 cm³/mol. The van der Waals surface area contributed by atoms with Gasteiger partial charge in [0.2, 0.25) is 15.8 Å². The van der Waals surface area contributed by atoms with Crippen LogP contribution in [0.3, 0.4) is 0 Å². The fourth-order valence-electron chi connectivity index (χ4n) is 2.47. The number of carbonyl (C=O) groups excluding carboxylic acids is 1. The van der Waals surface area contributed by atoms with Crippen LogP contribution in [0.2, 0.25) is 0 Å². The van der Waals surface area contributed by atoms with Crippen molar-refractivity contribution < 1.29 is 27.4 Å². The molecule has 0 aliphatic heterocycles. The van der Waals surface area contributed by atoms with E-state index in [0.717, 1.165) is 10.6 Å². The van der Waals surface area contributed by atoms with Crippen molar-refractivity contribution in [3.63, 3.8) is 0 Å². The fraction of sp³-hybridized carbons (Fsp3) is 0.263. The molecule has 0 radical (unpaired) electrons. The van der Waals surface area contributed by atoms with Crippen LogP contribution in [-0.2, 0) is 10.0 Å². The molecule has 2 rings (SSSR count). The molecular formula is C19H23N3O6S. The fourth-order valence-corrected chi connectivity index (χ4v) is 2.97. The number of anilines is 1. The van der Waals surface area contributed by atoms with Gasteiger partial charge >= 0.3 is 0 Å². The van der Waals surface area contributed by atoms with Crippen LogP contribution in [0.15, 0.2) is 41.5 Å². The predicted octanol–water partition coefficient (Wildman–Crippen LogP) is 1.87. The molecule has 2 aromatic rings. The minimum atomic E-state index is -3.37.